The standard InChI is InChI=1S/C36H36N2O4.C17H21NO3.C15H19NO2S.C11H15NO/c1-20(2)33(39)23-11-12-24(27(19-23)36(40)41)30-28-17-21-7-3-13-37-15-5-9-25(31(21)37)34(28)42-35-26-10-6-16-38-14-4-8-22(32(26)38)18-29(30)35;1-5-18(6-2)13-8-7-12-9-14(16(19)11(3)4)17(20)21-15(12)10-13;1-11(2)19(17,18)15-10-6-7-12-13(15)8-5-9-14(12)16(3)4;1-8(2)11(13)9-6-4-5-7-10(9)12-3/h11-12,17-20H,3-10,13-16H2,1-2H3;7-11H,5-6H2,1-4H3;5-11H,1-4H3;4-8,12H,1-3H3. The molecular weight excluding hydrogens is 1210 g/mol. The van der Waals surface area contributed by atoms with Crippen LogP contribution in [-0.2, 0) is 35.5 Å². The van der Waals surface area contributed by atoms with Gasteiger partial charge in [-0.15, -0.1) is 0 Å². The number of ketones is 3. The van der Waals surface area contributed by atoms with E-state index in [0.29, 0.717) is 21.6 Å². The molecule has 0 bridgehead atoms. The van der Waals surface area contributed by atoms with Crippen LogP contribution in [0, 0.1) is 17.8 Å². The molecule has 0 unspecified atom stereocenters. The number of fused-ring (bicyclic) bond motifs is 6. The highest BCUT2D eigenvalue weighted by molar-refractivity contribution is 7.92. The van der Waals surface area contributed by atoms with Crippen LogP contribution in [0.1, 0.15) is 170 Å². The molecule has 1 N–H and O–H groups in total. The summed E-state index contributed by atoms with van der Waals surface area (Å²) in [5.41, 5.74) is 13.3. The topological polar surface area (TPSA) is 190 Å². The molecule has 13 rings (SSSR count). The Labute approximate surface area is 559 Å². The highest BCUT2D eigenvalue weighted by Gasteiger charge is 2.37. The van der Waals surface area contributed by atoms with E-state index in [0.717, 1.165) is 157 Å². The molecule has 0 saturated carbocycles. The van der Waals surface area contributed by atoms with Crippen LogP contribution in [0.15, 0.2) is 129 Å². The van der Waals surface area contributed by atoms with Gasteiger partial charge in [-0.25, -0.2) is 17.8 Å². The van der Waals surface area contributed by atoms with Gasteiger partial charge < -0.3 is 39.1 Å². The Morgan fingerprint density at radius 3 is 1.95 bits per heavy atom. The summed E-state index contributed by atoms with van der Waals surface area (Å²) in [5, 5.41) is 20.2. The van der Waals surface area contributed by atoms with Crippen molar-refractivity contribution in [3.8, 4) is 11.5 Å². The van der Waals surface area contributed by atoms with Gasteiger partial charge in [-0.1, -0.05) is 90.1 Å². The van der Waals surface area contributed by atoms with Gasteiger partial charge in [-0.2, -0.15) is 0 Å². The Kier molecular flexibility index (Phi) is 21.0. The monoisotopic (exact) mass is 1300 g/mol. The number of para-hydroxylation sites is 1. The molecule has 95 heavy (non-hydrogen) atoms. The highest BCUT2D eigenvalue weighted by Crippen LogP contribution is 2.49. The molecule has 1 aromatic heterocycles. The lowest BCUT2D eigenvalue weighted by molar-refractivity contribution is -0.255. The van der Waals surface area contributed by atoms with Crippen molar-refractivity contribution in [1.29, 1.82) is 0 Å². The second-order valence-corrected chi connectivity index (χ2v) is 29.2. The molecule has 15 nitrogen and oxygen atoms in total. The second kappa shape index (κ2) is 29.0. The number of carboxylic acids is 1. The van der Waals surface area contributed by atoms with Gasteiger partial charge in [0.2, 0.25) is 5.36 Å². The number of benzene rings is 7. The van der Waals surface area contributed by atoms with Crippen LogP contribution in [0.25, 0.3) is 27.3 Å². The molecule has 0 fully saturated rings. The van der Waals surface area contributed by atoms with E-state index in [9.17, 15) is 37.5 Å². The number of aryl methyl sites for hydroxylation is 2. The predicted octanol–water partition coefficient (Wildman–Crippen LogP) is 12.5. The van der Waals surface area contributed by atoms with E-state index in [4.69, 9.17) is 9.15 Å². The summed E-state index contributed by atoms with van der Waals surface area (Å²) in [5.74, 6) is 0.0451. The lowest BCUT2D eigenvalue weighted by Crippen LogP contribution is -2.45. The molecule has 7 aromatic carbocycles. The first-order valence-electron chi connectivity index (χ1n) is 33.8. The van der Waals surface area contributed by atoms with Crippen molar-refractivity contribution in [3.63, 3.8) is 0 Å². The molecule has 0 aliphatic carbocycles. The number of hydrogen-bond acceptors (Lipinski definition) is 14. The summed E-state index contributed by atoms with van der Waals surface area (Å²) < 4.78 is 39.8. The Balaban J connectivity index is 0.000000155. The van der Waals surface area contributed by atoms with Crippen LogP contribution in [0.5, 0.6) is 11.5 Å². The molecule has 16 heteroatoms. The van der Waals surface area contributed by atoms with E-state index >= 15 is 0 Å². The maximum atomic E-state index is 12.9. The number of nitrogens with one attached hydrogen (secondary N) is 1. The molecule has 5 aliphatic heterocycles. The number of carboxylic acid groups (broad SMARTS) is 1. The third-order valence-electron chi connectivity index (χ3n) is 18.9. The van der Waals surface area contributed by atoms with Crippen LogP contribution in [0.2, 0.25) is 0 Å². The van der Waals surface area contributed by atoms with Crippen LogP contribution < -0.4 is 50.6 Å². The molecule has 8 aromatic rings. The molecule has 0 radical (unpaired) electrons. The number of Topliss-reactive ketones (excluding diaryl/α,β-unsaturated/α-hetero) is 3. The molecule has 0 atom stereocenters. The zero-order valence-electron chi connectivity index (χ0n) is 57.5. The summed E-state index contributed by atoms with van der Waals surface area (Å²) in [6, 6.07) is 35.9. The maximum absolute atomic E-state index is 12.9. The number of ether oxygens (including phenoxy) is 1. The minimum atomic E-state index is -3.26. The Hall–Kier alpha value is -8.89. The van der Waals surface area contributed by atoms with E-state index < -0.39 is 26.7 Å². The summed E-state index contributed by atoms with van der Waals surface area (Å²) in [4.78, 5) is 68.5. The minimum absolute atomic E-state index is 0.0505. The molecular formula is C79H91N5O10S. The van der Waals surface area contributed by atoms with Crippen LogP contribution >= 0.6 is 0 Å². The lowest BCUT2D eigenvalue weighted by Gasteiger charge is -2.39. The van der Waals surface area contributed by atoms with E-state index in [2.05, 4.69) is 45.7 Å². The number of rotatable bonds is 15. The van der Waals surface area contributed by atoms with Gasteiger partial charge in [-0.3, -0.25) is 14.4 Å². The SMILES string of the molecule is CC(C)C(=O)c1ccc(C2=c3cc4c5c(c3Oc3c2cc2c6c3CCCN6CCC2)CCC[N+]=5CCC4)c(C(=O)[O-])c1.CC(C)S(=O)(=O)c1cccc2c(N(C)C)cccc12.CCN(CC)c1ccc2cc(C(=O)C(C)C)c(=O)oc2c1.CNc1ccccc1C(=O)C(C)C. The number of carbonyl (C=O) groups is 4. The predicted molar refractivity (Wildman–Crippen MR) is 381 cm³/mol. The van der Waals surface area contributed by atoms with Gasteiger partial charge in [0.25, 0.3) is 0 Å². The Bertz CT molecular complexity index is 4630. The minimum Gasteiger partial charge on any atom is -0.545 e. The van der Waals surface area contributed by atoms with E-state index in [1.54, 1.807) is 45.9 Å². The van der Waals surface area contributed by atoms with Crippen LogP contribution in [-0.4, -0.2) is 97.4 Å². The van der Waals surface area contributed by atoms with Gasteiger partial charge in [0.1, 0.15) is 35.7 Å². The van der Waals surface area contributed by atoms with E-state index in [1.807, 2.05) is 133 Å². The summed E-state index contributed by atoms with van der Waals surface area (Å²) >= 11 is 0. The quantitative estimate of drug-likeness (QED) is 0.0579. The fourth-order valence-corrected chi connectivity index (χ4v) is 15.2. The van der Waals surface area contributed by atoms with Gasteiger partial charge in [-0.05, 0) is 138 Å². The van der Waals surface area contributed by atoms with Gasteiger partial charge in [0.05, 0.1) is 21.7 Å². The Morgan fingerprint density at radius 1 is 0.642 bits per heavy atom. The first-order valence-corrected chi connectivity index (χ1v) is 35.4. The van der Waals surface area contributed by atoms with Crippen molar-refractivity contribution >= 4 is 83.2 Å². The number of carbonyl (C=O) groups excluding carboxylic acids is 4. The van der Waals surface area contributed by atoms with Gasteiger partial charge in [0, 0.05) is 167 Å². The number of aromatic carboxylic acids is 1. The number of anilines is 4. The third kappa shape index (κ3) is 13.8. The number of hydrogen-bond donors (Lipinski definition) is 1. The summed E-state index contributed by atoms with van der Waals surface area (Å²) in [6.45, 7) is 24.7. The lowest BCUT2D eigenvalue weighted by atomic mass is 9.81. The zero-order valence-corrected chi connectivity index (χ0v) is 58.3. The van der Waals surface area contributed by atoms with E-state index in [-0.39, 0.29) is 46.2 Å². The molecule has 498 valence electrons. The largest absolute Gasteiger partial charge is 0.545 e. The van der Waals surface area contributed by atoms with Crippen molar-refractivity contribution in [2.45, 2.75) is 131 Å². The normalized spacial score (nSPS) is 14.3. The number of sulfone groups is 1. The molecule has 6 heterocycles. The van der Waals surface area contributed by atoms with Crippen molar-refractivity contribution in [2.75, 3.05) is 80.4 Å². The molecule has 0 spiro atoms. The molecule has 0 amide bonds. The second-order valence-electron chi connectivity index (χ2n) is 26.7. The van der Waals surface area contributed by atoms with Crippen molar-refractivity contribution in [3.05, 3.63) is 192 Å². The van der Waals surface area contributed by atoms with Gasteiger partial charge in [0.15, 0.2) is 27.2 Å². The molecule has 0 saturated heterocycles. The summed E-state index contributed by atoms with van der Waals surface area (Å²) in [6.07, 6.45) is 8.30. The average Bonchev–Trinajstić information content (AvgIpc) is 0.710. The van der Waals surface area contributed by atoms with E-state index in [1.165, 1.54) is 39.4 Å². The fraction of sp³-hybridized carbons (Fsp3) is 0.392. The maximum Gasteiger partial charge on any atom is 0.347 e. The van der Waals surface area contributed by atoms with Crippen molar-refractivity contribution in [1.82, 2.24) is 4.58 Å². The van der Waals surface area contributed by atoms with Gasteiger partial charge >= 0.3 is 5.63 Å². The third-order valence-corrected chi connectivity index (χ3v) is 21.1. The summed E-state index contributed by atoms with van der Waals surface area (Å²) in [7, 11) is 2.47. The number of nitrogens with zero attached hydrogens (tertiary/aromatic N) is 4. The van der Waals surface area contributed by atoms with Crippen LogP contribution in [0.3, 0.4) is 0 Å². The highest BCUT2D eigenvalue weighted by atomic mass is 32.2. The molecule has 5 aliphatic rings. The van der Waals surface area contributed by atoms with Crippen LogP contribution in [0.4, 0.5) is 22.7 Å². The Morgan fingerprint density at radius 2 is 1.28 bits per heavy atom. The van der Waals surface area contributed by atoms with Crippen molar-refractivity contribution in [2.24, 2.45) is 17.8 Å². The zero-order chi connectivity index (χ0) is 68.3. The smallest absolute Gasteiger partial charge is 0.347 e. The fourth-order valence-electron chi connectivity index (χ4n) is 14.0. The first kappa shape index (κ1) is 69.0. The average molecular weight is 1300 g/mol. The first-order chi connectivity index (χ1) is 45.4. The van der Waals surface area contributed by atoms with Crippen molar-refractivity contribution < 1.29 is 41.9 Å².